The standard InChI is InChI=1S/C28H33NO2.C19H22O2/c1-19-21(5-3-13-29-19)15-26(30)23-9-10-25-22(14-23)4-2-6-24-17-27(18-31-27)11-12-28(24,25)16-20-7-8-20;20-16-6-7-18-14(10-16)2-1-3-15-11-17(21)8-9-19(15,18)12-13-4-5-13/h3,5,9-10,13-14,20,24H,2,4,6-8,11-12,15-18H2,1H3;6-7,10-11,13,20H,1-5,8-9,12H2/t24-,27+,28-;/m0./s1. The Kier molecular flexibility index (Phi) is 8.80. The maximum absolute atomic E-state index is 13.1. The van der Waals surface area contributed by atoms with Crippen molar-refractivity contribution in [2.24, 2.45) is 17.8 Å². The Labute approximate surface area is 309 Å². The normalized spacial score (nSPS) is 30.3. The van der Waals surface area contributed by atoms with E-state index in [0.29, 0.717) is 29.8 Å². The lowest BCUT2D eigenvalue weighted by Crippen LogP contribution is -2.43. The second kappa shape index (κ2) is 13.4. The van der Waals surface area contributed by atoms with Crippen molar-refractivity contribution in [2.75, 3.05) is 6.61 Å². The van der Waals surface area contributed by atoms with Crippen LogP contribution >= 0.6 is 0 Å². The predicted octanol–water partition coefficient (Wildman–Crippen LogP) is 9.81. The number of carbonyl (C=O) groups excluding carboxylic acids is 2. The number of pyridine rings is 1. The number of aryl methyl sites for hydroxylation is 3. The van der Waals surface area contributed by atoms with Gasteiger partial charge in [-0.3, -0.25) is 14.6 Å². The van der Waals surface area contributed by atoms with E-state index in [1.54, 1.807) is 11.8 Å². The van der Waals surface area contributed by atoms with E-state index in [2.05, 4.69) is 29.2 Å². The number of carbonyl (C=O) groups is 2. The highest BCUT2D eigenvalue weighted by molar-refractivity contribution is 5.98. The number of hydrogen-bond acceptors (Lipinski definition) is 5. The largest absolute Gasteiger partial charge is 0.508 e. The lowest BCUT2D eigenvalue weighted by atomic mass is 9.57. The number of hydrogen-bond donors (Lipinski definition) is 1. The van der Waals surface area contributed by atoms with Crippen molar-refractivity contribution < 1.29 is 19.4 Å². The third kappa shape index (κ3) is 6.61. The molecule has 10 rings (SSSR count). The number of ether oxygens (including phenoxy) is 1. The number of phenolic OH excluding ortho intramolecular Hbond substituents is 1. The van der Waals surface area contributed by atoms with Crippen LogP contribution < -0.4 is 0 Å². The van der Waals surface area contributed by atoms with Crippen LogP contribution in [0.5, 0.6) is 5.75 Å². The molecule has 272 valence electrons. The number of fused-ring (bicyclic) bond motifs is 6. The van der Waals surface area contributed by atoms with Gasteiger partial charge in [-0.1, -0.05) is 55.5 Å². The Balaban J connectivity index is 0.000000149. The summed E-state index contributed by atoms with van der Waals surface area (Å²) >= 11 is 0. The zero-order chi connectivity index (χ0) is 35.5. The molecule has 1 saturated heterocycles. The number of Topliss-reactive ketones (excluding diaryl/α,β-unsaturated/α-hetero) is 1. The summed E-state index contributed by atoms with van der Waals surface area (Å²) in [6, 6.07) is 16.6. The number of nitrogens with zero attached hydrogens (tertiary/aromatic N) is 1. The fraction of sp³-hybridized carbons (Fsp3) is 0.553. The molecule has 52 heavy (non-hydrogen) atoms. The molecule has 6 aliphatic carbocycles. The molecule has 0 radical (unpaired) electrons. The van der Waals surface area contributed by atoms with Crippen LogP contribution in [0.15, 0.2) is 66.4 Å². The van der Waals surface area contributed by atoms with Crippen LogP contribution in [0.4, 0.5) is 0 Å². The number of epoxide rings is 1. The summed E-state index contributed by atoms with van der Waals surface area (Å²) in [6.45, 7) is 2.97. The van der Waals surface area contributed by atoms with Crippen molar-refractivity contribution >= 4 is 11.6 Å². The zero-order valence-corrected chi connectivity index (χ0v) is 31.1. The van der Waals surface area contributed by atoms with Crippen LogP contribution in [-0.4, -0.2) is 33.9 Å². The van der Waals surface area contributed by atoms with Gasteiger partial charge in [0.2, 0.25) is 0 Å². The van der Waals surface area contributed by atoms with Gasteiger partial charge in [0, 0.05) is 35.7 Å². The number of aromatic nitrogens is 1. The number of aromatic hydroxyl groups is 1. The highest BCUT2D eigenvalue weighted by Crippen LogP contribution is 2.60. The highest BCUT2D eigenvalue weighted by atomic mass is 16.6. The summed E-state index contributed by atoms with van der Waals surface area (Å²) in [7, 11) is 0. The van der Waals surface area contributed by atoms with Crippen LogP contribution in [0.25, 0.3) is 0 Å². The average molecular weight is 698 g/mol. The first kappa shape index (κ1) is 34.2. The first-order chi connectivity index (χ1) is 25.2. The van der Waals surface area contributed by atoms with Crippen molar-refractivity contribution in [2.45, 2.75) is 139 Å². The third-order valence-electron chi connectivity index (χ3n) is 14.3. The van der Waals surface area contributed by atoms with Crippen LogP contribution in [0.2, 0.25) is 0 Å². The molecule has 4 fully saturated rings. The molecule has 1 unspecified atom stereocenters. The zero-order valence-electron chi connectivity index (χ0n) is 31.1. The first-order valence-electron chi connectivity index (χ1n) is 20.5. The summed E-state index contributed by atoms with van der Waals surface area (Å²) in [6.07, 6.45) is 24.4. The maximum Gasteiger partial charge on any atom is 0.167 e. The maximum atomic E-state index is 13.1. The lowest BCUT2D eigenvalue weighted by molar-refractivity contribution is -0.115. The first-order valence-corrected chi connectivity index (χ1v) is 20.5. The fourth-order valence-corrected chi connectivity index (χ4v) is 11.1. The topological polar surface area (TPSA) is 79.8 Å². The Morgan fingerprint density at radius 1 is 0.865 bits per heavy atom. The Morgan fingerprint density at radius 3 is 2.42 bits per heavy atom. The van der Waals surface area contributed by atoms with Gasteiger partial charge >= 0.3 is 0 Å². The van der Waals surface area contributed by atoms with Gasteiger partial charge in [0.25, 0.3) is 0 Å². The predicted molar refractivity (Wildman–Crippen MR) is 204 cm³/mol. The summed E-state index contributed by atoms with van der Waals surface area (Å²) in [5.41, 5.74) is 10.6. The summed E-state index contributed by atoms with van der Waals surface area (Å²) in [4.78, 5) is 29.4. The van der Waals surface area contributed by atoms with Crippen LogP contribution in [0, 0.1) is 24.7 Å². The second-order valence-corrected chi connectivity index (χ2v) is 17.8. The lowest BCUT2D eigenvalue weighted by Gasteiger charge is -2.47. The molecule has 5 nitrogen and oxygen atoms in total. The van der Waals surface area contributed by atoms with Gasteiger partial charge in [-0.05, 0) is 165 Å². The van der Waals surface area contributed by atoms with E-state index in [4.69, 9.17) is 4.74 Å². The summed E-state index contributed by atoms with van der Waals surface area (Å²) < 4.78 is 5.95. The van der Waals surface area contributed by atoms with Gasteiger partial charge in [0.15, 0.2) is 11.6 Å². The molecule has 7 aliphatic rings. The van der Waals surface area contributed by atoms with E-state index < -0.39 is 0 Å². The van der Waals surface area contributed by atoms with E-state index in [-0.39, 0.29) is 16.8 Å². The monoisotopic (exact) mass is 697 g/mol. The van der Waals surface area contributed by atoms with Gasteiger partial charge in [0.05, 0.1) is 12.2 Å². The van der Waals surface area contributed by atoms with Crippen LogP contribution in [-0.2, 0) is 39.6 Å². The SMILES string of the molecule is Cc1ncccc1CC(=O)c1ccc2c(c1)CCC[C@H]1C[C@]3(CC[C@@]21CC1CC1)CO3.O=C1C=C2CCCc3cc(O)ccc3C2(CC2CC2)CC1. The van der Waals surface area contributed by atoms with Gasteiger partial charge in [-0.25, -0.2) is 0 Å². The van der Waals surface area contributed by atoms with Gasteiger partial charge in [0.1, 0.15) is 5.75 Å². The van der Waals surface area contributed by atoms with Crippen molar-refractivity contribution in [3.05, 3.63) is 105 Å². The van der Waals surface area contributed by atoms with Gasteiger partial charge in [-0.15, -0.1) is 0 Å². The molecule has 1 aliphatic heterocycles. The average Bonchev–Trinajstić information content (AvgIpc) is 3.99. The molecule has 1 N–H and O–H groups in total. The summed E-state index contributed by atoms with van der Waals surface area (Å²) in [5.74, 6) is 3.38. The quantitative estimate of drug-likeness (QED) is 0.196. The minimum absolute atomic E-state index is 0.0780. The molecule has 0 bridgehead atoms. The molecule has 0 amide bonds. The molecule has 4 atom stereocenters. The number of benzene rings is 2. The van der Waals surface area contributed by atoms with E-state index >= 15 is 0 Å². The smallest absolute Gasteiger partial charge is 0.167 e. The molecule has 3 saturated carbocycles. The van der Waals surface area contributed by atoms with Crippen LogP contribution in [0.1, 0.15) is 140 Å². The second-order valence-electron chi connectivity index (χ2n) is 17.8. The van der Waals surface area contributed by atoms with Crippen LogP contribution in [0.3, 0.4) is 0 Å². The van der Waals surface area contributed by atoms with Crippen molar-refractivity contribution in [1.29, 1.82) is 0 Å². The minimum atomic E-state index is 0.0780. The number of rotatable bonds is 7. The third-order valence-corrected chi connectivity index (χ3v) is 14.3. The minimum Gasteiger partial charge on any atom is -0.508 e. The molecule has 2 aromatic carbocycles. The number of phenols is 1. The molecule has 3 aromatic rings. The van der Waals surface area contributed by atoms with E-state index in [9.17, 15) is 14.7 Å². The Morgan fingerprint density at radius 2 is 1.63 bits per heavy atom. The molecular formula is C47H55NO4. The molecule has 1 spiro atoms. The van der Waals surface area contributed by atoms with E-state index in [1.165, 1.54) is 92.9 Å². The van der Waals surface area contributed by atoms with Gasteiger partial charge < -0.3 is 9.84 Å². The van der Waals surface area contributed by atoms with E-state index in [1.807, 2.05) is 37.3 Å². The number of allylic oxidation sites excluding steroid dienone is 2. The molecule has 2 heterocycles. The van der Waals surface area contributed by atoms with Crippen molar-refractivity contribution in [3.8, 4) is 5.75 Å². The fourth-order valence-electron chi connectivity index (χ4n) is 11.1. The molecular weight excluding hydrogens is 643 g/mol. The van der Waals surface area contributed by atoms with Crippen molar-refractivity contribution in [3.63, 3.8) is 0 Å². The Hall–Kier alpha value is -3.57. The van der Waals surface area contributed by atoms with E-state index in [0.717, 1.165) is 73.3 Å². The van der Waals surface area contributed by atoms with Crippen molar-refractivity contribution in [1.82, 2.24) is 4.98 Å². The summed E-state index contributed by atoms with van der Waals surface area (Å²) in [5, 5.41) is 9.83. The Bertz CT molecular complexity index is 1910. The van der Waals surface area contributed by atoms with Gasteiger partial charge in [-0.2, -0.15) is 0 Å². The molecule has 5 heteroatoms. The molecule has 1 aromatic heterocycles. The number of ketones is 2. The highest BCUT2D eigenvalue weighted by Gasteiger charge is 2.57.